The largest absolute Gasteiger partial charge is 0.453 e. The Morgan fingerprint density at radius 2 is 2.00 bits per heavy atom. The number of hydrogen-bond donors (Lipinski definition) is 1. The number of hydrogen-bond acceptors (Lipinski definition) is 2. The Morgan fingerprint density at radius 1 is 1.38 bits per heavy atom. The van der Waals surface area contributed by atoms with Crippen LogP contribution in [0.15, 0.2) is 0 Å². The van der Waals surface area contributed by atoms with Crippen molar-refractivity contribution in [2.24, 2.45) is 5.92 Å². The van der Waals surface area contributed by atoms with E-state index in [-0.39, 0.29) is 6.09 Å². The van der Waals surface area contributed by atoms with E-state index in [1.807, 2.05) is 0 Å². The molecule has 0 aromatic heterocycles. The topological polar surface area (TPSA) is 38.3 Å². The third-order valence-electron chi connectivity index (χ3n) is 2.93. The van der Waals surface area contributed by atoms with Crippen molar-refractivity contribution in [2.45, 2.75) is 45.1 Å². The molecule has 0 bridgehead atoms. The molecule has 3 nitrogen and oxygen atoms in total. The summed E-state index contributed by atoms with van der Waals surface area (Å²) < 4.78 is 4.56. The van der Waals surface area contributed by atoms with E-state index in [9.17, 15) is 4.79 Å². The van der Waals surface area contributed by atoms with E-state index >= 15 is 0 Å². The minimum atomic E-state index is -0.292. The van der Waals surface area contributed by atoms with Crippen LogP contribution in [0.3, 0.4) is 0 Å². The summed E-state index contributed by atoms with van der Waals surface area (Å²) in [6, 6.07) is 0.343. The molecule has 1 N–H and O–H groups in total. The Hall–Kier alpha value is -0.730. The van der Waals surface area contributed by atoms with Gasteiger partial charge in [0.1, 0.15) is 0 Å². The van der Waals surface area contributed by atoms with Gasteiger partial charge >= 0.3 is 6.09 Å². The summed E-state index contributed by atoms with van der Waals surface area (Å²) in [5.74, 6) is 0.871. The van der Waals surface area contributed by atoms with Gasteiger partial charge in [-0.3, -0.25) is 0 Å². The number of ether oxygens (including phenoxy) is 1. The van der Waals surface area contributed by atoms with Crippen LogP contribution in [0.4, 0.5) is 4.79 Å². The highest BCUT2D eigenvalue weighted by atomic mass is 16.5. The van der Waals surface area contributed by atoms with Crippen LogP contribution in [0.2, 0.25) is 0 Å². The summed E-state index contributed by atoms with van der Waals surface area (Å²) in [6.07, 6.45) is 5.67. The first-order valence-corrected chi connectivity index (χ1v) is 5.10. The SMILES string of the molecule is CCC1CCC(NC(=O)OC)CC1. The second-order valence-electron chi connectivity index (χ2n) is 3.76. The normalized spacial score (nSPS) is 28.2. The first-order chi connectivity index (χ1) is 6.26. The summed E-state index contributed by atoms with van der Waals surface area (Å²) in [5.41, 5.74) is 0. The molecule has 1 aliphatic rings. The van der Waals surface area contributed by atoms with Gasteiger partial charge in [-0.15, -0.1) is 0 Å². The number of amides is 1. The predicted octanol–water partition coefficient (Wildman–Crippen LogP) is 2.31. The molecule has 0 unspecified atom stereocenters. The van der Waals surface area contributed by atoms with Crippen LogP contribution < -0.4 is 5.32 Å². The summed E-state index contributed by atoms with van der Waals surface area (Å²) in [7, 11) is 1.41. The highest BCUT2D eigenvalue weighted by molar-refractivity contribution is 5.67. The maximum atomic E-state index is 10.9. The van der Waals surface area contributed by atoms with E-state index in [4.69, 9.17) is 0 Å². The van der Waals surface area contributed by atoms with E-state index in [0.717, 1.165) is 18.8 Å². The third kappa shape index (κ3) is 3.25. The van der Waals surface area contributed by atoms with Crippen molar-refractivity contribution in [3.63, 3.8) is 0 Å². The van der Waals surface area contributed by atoms with Crippen molar-refractivity contribution < 1.29 is 9.53 Å². The molecule has 1 saturated carbocycles. The predicted molar refractivity (Wildman–Crippen MR) is 51.6 cm³/mol. The summed E-state index contributed by atoms with van der Waals surface area (Å²) >= 11 is 0. The van der Waals surface area contributed by atoms with Gasteiger partial charge in [-0.25, -0.2) is 4.79 Å². The minimum absolute atomic E-state index is 0.292. The van der Waals surface area contributed by atoms with Crippen molar-refractivity contribution in [1.29, 1.82) is 0 Å². The molecule has 1 amide bonds. The summed E-state index contributed by atoms with van der Waals surface area (Å²) in [4.78, 5) is 10.9. The van der Waals surface area contributed by atoms with Crippen LogP contribution in [0, 0.1) is 5.92 Å². The van der Waals surface area contributed by atoms with Crippen LogP contribution in [0.1, 0.15) is 39.0 Å². The van der Waals surface area contributed by atoms with Crippen LogP contribution >= 0.6 is 0 Å². The zero-order valence-electron chi connectivity index (χ0n) is 8.51. The van der Waals surface area contributed by atoms with E-state index in [0.29, 0.717) is 6.04 Å². The quantitative estimate of drug-likeness (QED) is 0.717. The molecule has 1 fully saturated rings. The van der Waals surface area contributed by atoms with Crippen molar-refractivity contribution in [3.8, 4) is 0 Å². The molecule has 0 saturated heterocycles. The molecule has 1 aliphatic carbocycles. The molecular weight excluding hydrogens is 166 g/mol. The van der Waals surface area contributed by atoms with Crippen LogP contribution in [-0.2, 0) is 4.74 Å². The molecule has 0 spiro atoms. The lowest BCUT2D eigenvalue weighted by Crippen LogP contribution is -2.37. The smallest absolute Gasteiger partial charge is 0.407 e. The molecule has 76 valence electrons. The highest BCUT2D eigenvalue weighted by Crippen LogP contribution is 2.26. The molecule has 0 aromatic carbocycles. The highest BCUT2D eigenvalue weighted by Gasteiger charge is 2.21. The molecule has 1 rings (SSSR count). The van der Waals surface area contributed by atoms with Crippen molar-refractivity contribution in [3.05, 3.63) is 0 Å². The summed E-state index contributed by atoms with van der Waals surface area (Å²) in [6.45, 7) is 2.23. The van der Waals surface area contributed by atoms with E-state index in [2.05, 4.69) is 17.0 Å². The zero-order chi connectivity index (χ0) is 9.68. The fraction of sp³-hybridized carbons (Fsp3) is 0.900. The molecule has 0 heterocycles. The van der Waals surface area contributed by atoms with E-state index < -0.39 is 0 Å². The lowest BCUT2D eigenvalue weighted by Gasteiger charge is -2.27. The lowest BCUT2D eigenvalue weighted by atomic mass is 9.85. The van der Waals surface area contributed by atoms with Crippen molar-refractivity contribution in [1.82, 2.24) is 5.32 Å². The Kier molecular flexibility index (Phi) is 4.06. The van der Waals surface area contributed by atoms with Gasteiger partial charge in [0.25, 0.3) is 0 Å². The van der Waals surface area contributed by atoms with Crippen LogP contribution in [0.25, 0.3) is 0 Å². The summed E-state index contributed by atoms with van der Waals surface area (Å²) in [5, 5.41) is 2.85. The maximum absolute atomic E-state index is 10.9. The number of methoxy groups -OCH3 is 1. The number of nitrogens with one attached hydrogen (secondary N) is 1. The molecule has 0 atom stereocenters. The number of carbonyl (C=O) groups excluding carboxylic acids is 1. The Balaban J connectivity index is 2.21. The lowest BCUT2D eigenvalue weighted by molar-refractivity contribution is 0.160. The van der Waals surface area contributed by atoms with Gasteiger partial charge in [-0.2, -0.15) is 0 Å². The Bertz CT molecular complexity index is 162. The van der Waals surface area contributed by atoms with Gasteiger partial charge in [0.15, 0.2) is 0 Å². The van der Waals surface area contributed by atoms with Crippen LogP contribution in [0.5, 0.6) is 0 Å². The molecule has 3 heteroatoms. The number of carbonyl (C=O) groups is 1. The average molecular weight is 185 g/mol. The first-order valence-electron chi connectivity index (χ1n) is 5.10. The fourth-order valence-corrected chi connectivity index (χ4v) is 1.94. The monoisotopic (exact) mass is 185 g/mol. The van der Waals surface area contributed by atoms with Gasteiger partial charge in [0.05, 0.1) is 7.11 Å². The maximum Gasteiger partial charge on any atom is 0.407 e. The molecule has 0 aromatic rings. The molecular formula is C10H19NO2. The standard InChI is InChI=1S/C10H19NO2/c1-3-8-4-6-9(7-5-8)11-10(12)13-2/h8-9H,3-7H2,1-2H3,(H,11,12). The zero-order valence-corrected chi connectivity index (χ0v) is 8.51. The van der Waals surface area contributed by atoms with Gasteiger partial charge in [0, 0.05) is 6.04 Å². The van der Waals surface area contributed by atoms with Gasteiger partial charge in [0.2, 0.25) is 0 Å². The first kappa shape index (κ1) is 10.4. The van der Waals surface area contributed by atoms with E-state index in [1.165, 1.54) is 26.4 Å². The Labute approximate surface area is 79.8 Å². The average Bonchev–Trinajstić information content (AvgIpc) is 2.19. The number of rotatable bonds is 2. The van der Waals surface area contributed by atoms with Gasteiger partial charge in [-0.1, -0.05) is 13.3 Å². The van der Waals surface area contributed by atoms with Crippen LogP contribution in [-0.4, -0.2) is 19.2 Å². The number of alkyl carbamates (subject to hydrolysis) is 1. The molecule has 0 aliphatic heterocycles. The van der Waals surface area contributed by atoms with E-state index in [1.54, 1.807) is 0 Å². The van der Waals surface area contributed by atoms with Crippen molar-refractivity contribution in [2.75, 3.05) is 7.11 Å². The third-order valence-corrected chi connectivity index (χ3v) is 2.93. The second-order valence-corrected chi connectivity index (χ2v) is 3.76. The van der Waals surface area contributed by atoms with Gasteiger partial charge in [-0.05, 0) is 31.6 Å². The molecule has 0 radical (unpaired) electrons. The second kappa shape index (κ2) is 5.10. The van der Waals surface area contributed by atoms with Gasteiger partial charge < -0.3 is 10.1 Å². The fourth-order valence-electron chi connectivity index (χ4n) is 1.94. The van der Waals surface area contributed by atoms with Crippen molar-refractivity contribution >= 4 is 6.09 Å². The Morgan fingerprint density at radius 3 is 2.46 bits per heavy atom. The minimum Gasteiger partial charge on any atom is -0.453 e. The molecule has 13 heavy (non-hydrogen) atoms.